The molecule has 3 heteroatoms. The Bertz CT molecular complexity index is 704. The first kappa shape index (κ1) is 14.2. The Morgan fingerprint density at radius 1 is 0.857 bits per heavy atom. The highest BCUT2D eigenvalue weighted by molar-refractivity contribution is 7.18. The molecule has 2 aromatic heterocycles. The lowest BCUT2D eigenvalue weighted by Crippen LogP contribution is -2.35. The van der Waals surface area contributed by atoms with Crippen LogP contribution in [0.3, 0.4) is 0 Å². The Balaban J connectivity index is 1.52. The monoisotopic (exact) mass is 298 g/mol. The molecule has 0 bridgehead atoms. The van der Waals surface area contributed by atoms with Gasteiger partial charge < -0.3 is 0 Å². The van der Waals surface area contributed by atoms with E-state index in [1.54, 1.807) is 0 Å². The lowest BCUT2D eigenvalue weighted by molar-refractivity contribution is -0.698. The molecule has 21 heavy (non-hydrogen) atoms. The Morgan fingerprint density at radius 2 is 1.62 bits per heavy atom. The number of pyridine rings is 1. The molecule has 0 N–H and O–H groups in total. The lowest BCUT2D eigenvalue weighted by Gasteiger charge is -1.98. The highest BCUT2D eigenvalue weighted by Gasteiger charge is 2.15. The van der Waals surface area contributed by atoms with Crippen molar-refractivity contribution in [3.63, 3.8) is 0 Å². The Kier molecular flexibility index (Phi) is 4.61. The van der Waals surface area contributed by atoms with E-state index in [4.69, 9.17) is 0 Å². The van der Waals surface area contributed by atoms with E-state index in [1.807, 2.05) is 11.3 Å². The van der Waals surface area contributed by atoms with Gasteiger partial charge in [0.2, 0.25) is 10.5 Å². The van der Waals surface area contributed by atoms with Crippen molar-refractivity contribution in [2.45, 2.75) is 39.3 Å². The molecule has 0 saturated heterocycles. The summed E-state index contributed by atoms with van der Waals surface area (Å²) in [6.45, 7) is 4.48. The lowest BCUT2D eigenvalue weighted by atomic mass is 10.2. The number of unbranched alkanes of at least 4 members (excludes halogenated alkanes) is 2. The summed E-state index contributed by atoms with van der Waals surface area (Å²) in [5.41, 5.74) is 1.39. The smallest absolute Gasteiger partial charge is 0.205 e. The molecule has 3 rings (SSSR count). The summed E-state index contributed by atoms with van der Waals surface area (Å²) in [4.78, 5) is 0. The summed E-state index contributed by atoms with van der Waals surface area (Å²) in [7, 11) is 0. The highest BCUT2D eigenvalue weighted by Crippen LogP contribution is 2.19. The van der Waals surface area contributed by atoms with Gasteiger partial charge in [0, 0.05) is 38.0 Å². The van der Waals surface area contributed by atoms with Gasteiger partial charge in [-0.25, -0.2) is 4.57 Å². The molecular weight excluding hydrogens is 276 g/mol. The van der Waals surface area contributed by atoms with E-state index in [2.05, 4.69) is 70.9 Å². The topological polar surface area (TPSA) is 7.76 Å². The van der Waals surface area contributed by atoms with Crippen LogP contribution >= 0.6 is 11.3 Å². The Morgan fingerprint density at radius 3 is 2.48 bits per heavy atom. The summed E-state index contributed by atoms with van der Waals surface area (Å²) >= 11 is 1.90. The Labute approximate surface area is 130 Å². The minimum absolute atomic E-state index is 1.12. The molecule has 0 aliphatic rings. The normalized spacial score (nSPS) is 11.1. The van der Waals surface area contributed by atoms with E-state index >= 15 is 0 Å². The molecule has 2 heterocycles. The molecule has 0 radical (unpaired) electrons. The van der Waals surface area contributed by atoms with Gasteiger partial charge >= 0.3 is 0 Å². The second-order valence-corrected chi connectivity index (χ2v) is 6.65. The molecule has 0 saturated carbocycles. The molecule has 1 aromatic carbocycles. The minimum Gasteiger partial charge on any atom is -0.205 e. The summed E-state index contributed by atoms with van der Waals surface area (Å²) in [5.74, 6) is 0. The number of benzene rings is 1. The van der Waals surface area contributed by atoms with Crippen molar-refractivity contribution < 1.29 is 9.13 Å². The van der Waals surface area contributed by atoms with Gasteiger partial charge in [-0.05, 0) is 12.5 Å². The number of rotatable bonds is 6. The van der Waals surface area contributed by atoms with Gasteiger partial charge in [0.25, 0.3) is 0 Å². The maximum absolute atomic E-state index is 2.47. The van der Waals surface area contributed by atoms with Gasteiger partial charge in [0.15, 0.2) is 12.4 Å². The SMILES string of the molecule is Cc1sc2ccccc2[n+]1CCCCC[n+]1ccccc1. The quantitative estimate of drug-likeness (QED) is 0.485. The average Bonchev–Trinajstić information content (AvgIpc) is 2.84. The number of para-hydroxylation sites is 1. The van der Waals surface area contributed by atoms with Gasteiger partial charge in [0.05, 0.1) is 0 Å². The summed E-state index contributed by atoms with van der Waals surface area (Å²) in [5, 5.41) is 1.41. The zero-order valence-corrected chi connectivity index (χ0v) is 13.4. The molecule has 0 aliphatic heterocycles. The number of aromatic nitrogens is 2. The molecule has 2 nitrogen and oxygen atoms in total. The average molecular weight is 298 g/mol. The third kappa shape index (κ3) is 3.48. The van der Waals surface area contributed by atoms with Crippen molar-refractivity contribution in [3.05, 3.63) is 59.9 Å². The second-order valence-electron chi connectivity index (χ2n) is 5.41. The van der Waals surface area contributed by atoms with Crippen LogP contribution in [0, 0.1) is 6.92 Å². The zero-order valence-electron chi connectivity index (χ0n) is 12.5. The van der Waals surface area contributed by atoms with Crippen LogP contribution in [0.2, 0.25) is 0 Å². The van der Waals surface area contributed by atoms with Crippen LogP contribution in [0.15, 0.2) is 54.9 Å². The van der Waals surface area contributed by atoms with E-state index < -0.39 is 0 Å². The number of fused-ring (bicyclic) bond motifs is 1. The molecular formula is C18H22N2S+2. The predicted molar refractivity (Wildman–Crippen MR) is 87.2 cm³/mol. The van der Waals surface area contributed by atoms with Crippen LogP contribution in [-0.2, 0) is 13.1 Å². The highest BCUT2D eigenvalue weighted by atomic mass is 32.1. The standard InChI is InChI=1S/C18H22N2S/c1-16-20(17-10-4-5-11-18(17)21-16)15-9-3-8-14-19-12-6-2-7-13-19/h2,4-7,10-13H,3,8-9,14-15H2,1H3/q+2. The van der Waals surface area contributed by atoms with Crippen LogP contribution in [0.4, 0.5) is 0 Å². The first-order valence-electron chi connectivity index (χ1n) is 7.66. The molecule has 108 valence electrons. The first-order valence-corrected chi connectivity index (χ1v) is 8.48. The third-order valence-electron chi connectivity index (χ3n) is 3.87. The predicted octanol–water partition coefficient (Wildman–Crippen LogP) is 3.66. The zero-order chi connectivity index (χ0) is 14.5. The molecule has 0 spiro atoms. The fourth-order valence-electron chi connectivity index (χ4n) is 2.75. The van der Waals surface area contributed by atoms with E-state index in [1.165, 1.54) is 34.5 Å². The third-order valence-corrected chi connectivity index (χ3v) is 4.95. The van der Waals surface area contributed by atoms with Crippen LogP contribution < -0.4 is 9.13 Å². The fourth-order valence-corrected chi connectivity index (χ4v) is 3.80. The van der Waals surface area contributed by atoms with Crippen LogP contribution in [-0.4, -0.2) is 0 Å². The number of hydrogen-bond donors (Lipinski definition) is 0. The van der Waals surface area contributed by atoms with Crippen molar-refractivity contribution >= 4 is 21.6 Å². The maximum atomic E-state index is 2.47. The number of hydrogen-bond acceptors (Lipinski definition) is 1. The molecule has 0 unspecified atom stereocenters. The molecule has 0 atom stereocenters. The molecule has 0 aliphatic carbocycles. The van der Waals surface area contributed by atoms with Crippen LogP contribution in [0.5, 0.6) is 0 Å². The fraction of sp³-hybridized carbons (Fsp3) is 0.333. The number of aryl methyl sites for hydroxylation is 3. The molecule has 0 fully saturated rings. The molecule has 0 amide bonds. The summed E-state index contributed by atoms with van der Waals surface area (Å²) in [6, 6.07) is 15.0. The van der Waals surface area contributed by atoms with Crippen molar-refractivity contribution in [2.75, 3.05) is 0 Å². The maximum Gasteiger partial charge on any atom is 0.235 e. The first-order chi connectivity index (χ1) is 10.3. The van der Waals surface area contributed by atoms with E-state index in [0.29, 0.717) is 0 Å². The van der Waals surface area contributed by atoms with E-state index in [9.17, 15) is 0 Å². The van der Waals surface area contributed by atoms with Crippen molar-refractivity contribution in [3.8, 4) is 0 Å². The molecule has 3 aromatic rings. The largest absolute Gasteiger partial charge is 0.235 e. The number of nitrogens with zero attached hydrogens (tertiary/aromatic N) is 2. The van der Waals surface area contributed by atoms with E-state index in [0.717, 1.165) is 13.1 Å². The van der Waals surface area contributed by atoms with Crippen molar-refractivity contribution in [1.82, 2.24) is 0 Å². The van der Waals surface area contributed by atoms with Gasteiger partial charge in [0.1, 0.15) is 17.8 Å². The minimum atomic E-state index is 1.12. The number of thiazole rings is 1. The Hall–Kier alpha value is -1.74. The van der Waals surface area contributed by atoms with E-state index in [-0.39, 0.29) is 0 Å². The summed E-state index contributed by atoms with van der Waals surface area (Å²) in [6.07, 6.45) is 8.06. The van der Waals surface area contributed by atoms with Gasteiger partial charge in [-0.1, -0.05) is 29.5 Å². The van der Waals surface area contributed by atoms with Crippen molar-refractivity contribution in [1.29, 1.82) is 0 Å². The summed E-state index contributed by atoms with van der Waals surface area (Å²) < 4.78 is 6.13. The van der Waals surface area contributed by atoms with Gasteiger partial charge in [-0.2, -0.15) is 4.57 Å². The van der Waals surface area contributed by atoms with Crippen molar-refractivity contribution in [2.24, 2.45) is 0 Å². The second kappa shape index (κ2) is 6.81. The van der Waals surface area contributed by atoms with Crippen LogP contribution in [0.1, 0.15) is 24.3 Å². The van der Waals surface area contributed by atoms with Crippen LogP contribution in [0.25, 0.3) is 10.2 Å². The van der Waals surface area contributed by atoms with Gasteiger partial charge in [-0.3, -0.25) is 0 Å². The van der Waals surface area contributed by atoms with Gasteiger partial charge in [-0.15, -0.1) is 0 Å².